The SMILES string of the molecule is NNc1ccc(Cl)c(C(=O)Nc2ccc(Cl)cc2F)n1. The van der Waals surface area contributed by atoms with Crippen molar-refractivity contribution in [1.82, 2.24) is 4.98 Å². The van der Waals surface area contributed by atoms with Crippen molar-refractivity contribution in [2.24, 2.45) is 5.84 Å². The van der Waals surface area contributed by atoms with Gasteiger partial charge in [0.25, 0.3) is 5.91 Å². The number of halogens is 3. The molecular formula is C12H9Cl2FN4O. The largest absolute Gasteiger partial charge is 0.318 e. The summed E-state index contributed by atoms with van der Waals surface area (Å²) in [6, 6.07) is 6.84. The molecule has 2 rings (SSSR count). The van der Waals surface area contributed by atoms with Crippen LogP contribution < -0.4 is 16.6 Å². The first-order chi connectivity index (χ1) is 9.51. The number of rotatable bonds is 3. The lowest BCUT2D eigenvalue weighted by molar-refractivity contribution is 0.102. The van der Waals surface area contributed by atoms with Gasteiger partial charge in [-0.05, 0) is 30.3 Å². The first kappa shape index (κ1) is 14.5. The smallest absolute Gasteiger partial charge is 0.275 e. The van der Waals surface area contributed by atoms with Gasteiger partial charge in [0.15, 0.2) is 0 Å². The van der Waals surface area contributed by atoms with Gasteiger partial charge in [0.1, 0.15) is 17.3 Å². The summed E-state index contributed by atoms with van der Waals surface area (Å²) in [5.74, 6) is 4.14. The van der Waals surface area contributed by atoms with Gasteiger partial charge in [0.2, 0.25) is 0 Å². The van der Waals surface area contributed by atoms with Crippen LogP contribution in [0, 0.1) is 5.82 Å². The Kier molecular flexibility index (Phi) is 4.39. The summed E-state index contributed by atoms with van der Waals surface area (Å²) < 4.78 is 13.6. The van der Waals surface area contributed by atoms with Gasteiger partial charge < -0.3 is 10.7 Å². The van der Waals surface area contributed by atoms with E-state index in [1.165, 1.54) is 24.3 Å². The Balaban J connectivity index is 2.28. The standard InChI is InChI=1S/C12H9Cl2FN4O/c13-6-1-3-9(8(15)5-6)17-12(20)11-7(14)2-4-10(18-11)19-16/h1-5H,16H2,(H,17,20)(H,18,19). The number of benzene rings is 1. The van der Waals surface area contributed by atoms with Crippen molar-refractivity contribution in [2.45, 2.75) is 0 Å². The van der Waals surface area contributed by atoms with Crippen LogP contribution in [0.2, 0.25) is 10.0 Å². The van der Waals surface area contributed by atoms with Crippen molar-refractivity contribution in [1.29, 1.82) is 0 Å². The van der Waals surface area contributed by atoms with E-state index in [-0.39, 0.29) is 27.2 Å². The van der Waals surface area contributed by atoms with Crippen LogP contribution in [-0.4, -0.2) is 10.9 Å². The predicted octanol–water partition coefficient (Wildman–Crippen LogP) is 3.07. The van der Waals surface area contributed by atoms with Crippen LogP contribution in [0.25, 0.3) is 0 Å². The van der Waals surface area contributed by atoms with Crippen LogP contribution in [0.15, 0.2) is 30.3 Å². The average molecular weight is 315 g/mol. The fourth-order valence-corrected chi connectivity index (χ4v) is 1.80. The van der Waals surface area contributed by atoms with Crippen molar-refractivity contribution in [2.75, 3.05) is 10.7 Å². The lowest BCUT2D eigenvalue weighted by atomic mass is 10.2. The zero-order valence-corrected chi connectivity index (χ0v) is 11.5. The lowest BCUT2D eigenvalue weighted by Crippen LogP contribution is -2.17. The average Bonchev–Trinajstić information content (AvgIpc) is 2.42. The molecule has 1 aromatic carbocycles. The van der Waals surface area contributed by atoms with E-state index in [9.17, 15) is 9.18 Å². The van der Waals surface area contributed by atoms with E-state index >= 15 is 0 Å². The van der Waals surface area contributed by atoms with E-state index in [1.807, 2.05) is 0 Å². The number of hydrazine groups is 1. The number of carbonyl (C=O) groups excluding carboxylic acids is 1. The van der Waals surface area contributed by atoms with E-state index < -0.39 is 11.7 Å². The van der Waals surface area contributed by atoms with E-state index in [0.29, 0.717) is 0 Å². The van der Waals surface area contributed by atoms with Crippen LogP contribution >= 0.6 is 23.2 Å². The van der Waals surface area contributed by atoms with E-state index in [1.54, 1.807) is 0 Å². The molecule has 0 atom stereocenters. The highest BCUT2D eigenvalue weighted by Gasteiger charge is 2.15. The molecule has 0 saturated heterocycles. The third-order valence-corrected chi connectivity index (χ3v) is 2.93. The Hall–Kier alpha value is -1.89. The van der Waals surface area contributed by atoms with E-state index in [0.717, 1.165) is 6.07 Å². The van der Waals surface area contributed by atoms with Gasteiger partial charge >= 0.3 is 0 Å². The van der Waals surface area contributed by atoms with Gasteiger partial charge in [-0.3, -0.25) is 4.79 Å². The molecule has 1 amide bonds. The van der Waals surface area contributed by atoms with Crippen molar-refractivity contribution in [3.05, 3.63) is 51.9 Å². The molecule has 1 aromatic heterocycles. The fourth-order valence-electron chi connectivity index (χ4n) is 1.45. The molecule has 0 spiro atoms. The number of pyridine rings is 1. The van der Waals surface area contributed by atoms with Crippen LogP contribution in [0.1, 0.15) is 10.5 Å². The highest BCUT2D eigenvalue weighted by Crippen LogP contribution is 2.21. The minimum atomic E-state index is -0.659. The molecule has 0 fully saturated rings. The van der Waals surface area contributed by atoms with Crippen LogP contribution in [0.4, 0.5) is 15.9 Å². The highest BCUT2D eigenvalue weighted by atomic mass is 35.5. The van der Waals surface area contributed by atoms with E-state index in [4.69, 9.17) is 29.0 Å². The summed E-state index contributed by atoms with van der Waals surface area (Å²) in [7, 11) is 0. The maximum absolute atomic E-state index is 13.6. The van der Waals surface area contributed by atoms with Crippen LogP contribution in [-0.2, 0) is 0 Å². The molecule has 5 nitrogen and oxygen atoms in total. The summed E-state index contributed by atoms with van der Waals surface area (Å²) >= 11 is 11.5. The zero-order valence-electron chi connectivity index (χ0n) is 9.95. The highest BCUT2D eigenvalue weighted by molar-refractivity contribution is 6.34. The van der Waals surface area contributed by atoms with Crippen molar-refractivity contribution in [3.8, 4) is 0 Å². The summed E-state index contributed by atoms with van der Waals surface area (Å²) in [5.41, 5.74) is 2.19. The van der Waals surface area contributed by atoms with Gasteiger partial charge in [-0.2, -0.15) is 0 Å². The summed E-state index contributed by atoms with van der Waals surface area (Å²) in [6.07, 6.45) is 0. The van der Waals surface area contributed by atoms with Crippen molar-refractivity contribution < 1.29 is 9.18 Å². The molecule has 2 aromatic rings. The van der Waals surface area contributed by atoms with Gasteiger partial charge in [0, 0.05) is 5.02 Å². The van der Waals surface area contributed by atoms with E-state index in [2.05, 4.69) is 15.7 Å². The molecule has 0 aliphatic rings. The quantitative estimate of drug-likeness (QED) is 0.601. The Morgan fingerprint density at radius 3 is 2.65 bits per heavy atom. The molecule has 8 heteroatoms. The molecule has 4 N–H and O–H groups in total. The minimum absolute atomic E-state index is 0.0247. The van der Waals surface area contributed by atoms with Gasteiger partial charge in [-0.25, -0.2) is 15.2 Å². The summed E-state index contributed by atoms with van der Waals surface area (Å²) in [6.45, 7) is 0. The van der Waals surface area contributed by atoms with Crippen molar-refractivity contribution >= 4 is 40.6 Å². The molecule has 0 unspecified atom stereocenters. The van der Waals surface area contributed by atoms with Crippen molar-refractivity contribution in [3.63, 3.8) is 0 Å². The second-order valence-corrected chi connectivity index (χ2v) is 4.59. The number of nitrogens with two attached hydrogens (primary N) is 1. The normalized spacial score (nSPS) is 10.2. The minimum Gasteiger partial charge on any atom is -0.318 e. The molecule has 0 bridgehead atoms. The number of carbonyl (C=O) groups is 1. The first-order valence-corrected chi connectivity index (χ1v) is 6.16. The zero-order chi connectivity index (χ0) is 14.7. The number of hydrogen-bond donors (Lipinski definition) is 3. The number of nitrogens with one attached hydrogen (secondary N) is 2. The topological polar surface area (TPSA) is 80.0 Å². The van der Waals surface area contributed by atoms with Gasteiger partial charge in [0.05, 0.1) is 10.7 Å². The third kappa shape index (κ3) is 3.16. The second kappa shape index (κ2) is 6.04. The molecule has 104 valence electrons. The number of hydrogen-bond acceptors (Lipinski definition) is 4. The number of nitrogens with zero attached hydrogens (tertiary/aromatic N) is 1. The Morgan fingerprint density at radius 1 is 1.25 bits per heavy atom. The molecule has 0 aliphatic heterocycles. The summed E-state index contributed by atoms with van der Waals surface area (Å²) in [4.78, 5) is 15.9. The van der Waals surface area contributed by atoms with Gasteiger partial charge in [-0.1, -0.05) is 23.2 Å². The molecule has 0 radical (unpaired) electrons. The maximum atomic E-state index is 13.6. The monoisotopic (exact) mass is 314 g/mol. The van der Waals surface area contributed by atoms with Crippen LogP contribution in [0.5, 0.6) is 0 Å². The molecular weight excluding hydrogens is 306 g/mol. The lowest BCUT2D eigenvalue weighted by Gasteiger charge is -2.08. The molecule has 0 aliphatic carbocycles. The third-order valence-electron chi connectivity index (χ3n) is 2.39. The van der Waals surface area contributed by atoms with Crippen LogP contribution in [0.3, 0.4) is 0 Å². The van der Waals surface area contributed by atoms with Gasteiger partial charge in [-0.15, -0.1) is 0 Å². The first-order valence-electron chi connectivity index (χ1n) is 5.41. The molecule has 20 heavy (non-hydrogen) atoms. The predicted molar refractivity (Wildman–Crippen MR) is 76.4 cm³/mol. The molecule has 1 heterocycles. The number of amides is 1. The molecule has 0 saturated carbocycles. The Morgan fingerprint density at radius 2 is 2.00 bits per heavy atom. The fraction of sp³-hybridized carbons (Fsp3) is 0. The number of nitrogen functional groups attached to an aromatic ring is 1. The Labute approximate surface area is 123 Å². The summed E-state index contributed by atoms with van der Waals surface area (Å²) in [5, 5.41) is 2.71. The Bertz CT molecular complexity index is 666. The maximum Gasteiger partial charge on any atom is 0.275 e. The number of anilines is 2. The number of aromatic nitrogens is 1. The second-order valence-electron chi connectivity index (χ2n) is 3.75.